The number of benzene rings is 1. The summed E-state index contributed by atoms with van der Waals surface area (Å²) in [5.74, 6) is 0.692. The highest BCUT2D eigenvalue weighted by atomic mass is 79.9. The van der Waals surface area contributed by atoms with Crippen molar-refractivity contribution in [3.63, 3.8) is 0 Å². The van der Waals surface area contributed by atoms with E-state index in [9.17, 15) is 8.42 Å². The van der Waals surface area contributed by atoms with E-state index < -0.39 is 10.0 Å². The molecular weight excluding hydrogens is 350 g/mol. The smallest absolute Gasteiger partial charge is 0.272 e. The Balaban J connectivity index is 2.34. The fourth-order valence-corrected chi connectivity index (χ4v) is 5.01. The molecule has 102 valence electrons. The Morgan fingerprint density at radius 3 is 2.58 bits per heavy atom. The van der Waals surface area contributed by atoms with Crippen LogP contribution in [0.2, 0.25) is 0 Å². The number of hydrogen-bond acceptors (Lipinski definition) is 4. The van der Waals surface area contributed by atoms with Crippen molar-refractivity contribution in [1.82, 2.24) is 0 Å². The second-order valence-electron chi connectivity index (χ2n) is 3.84. The predicted molar refractivity (Wildman–Crippen MR) is 80.6 cm³/mol. The van der Waals surface area contributed by atoms with Crippen LogP contribution in [0.1, 0.15) is 5.56 Å². The summed E-state index contributed by atoms with van der Waals surface area (Å²) in [5, 5.41) is 1.72. The molecule has 0 unspecified atom stereocenters. The molecule has 0 amide bonds. The van der Waals surface area contributed by atoms with Crippen LogP contribution >= 0.6 is 27.3 Å². The van der Waals surface area contributed by atoms with Crippen molar-refractivity contribution in [2.75, 3.05) is 11.8 Å². The molecule has 0 radical (unpaired) electrons. The molecule has 1 heterocycles. The molecule has 0 aliphatic rings. The van der Waals surface area contributed by atoms with Crippen molar-refractivity contribution < 1.29 is 13.2 Å². The first-order valence-corrected chi connectivity index (χ1v) is 8.50. The lowest BCUT2D eigenvalue weighted by Gasteiger charge is -2.11. The van der Waals surface area contributed by atoms with Gasteiger partial charge in [0.2, 0.25) is 0 Å². The van der Waals surface area contributed by atoms with Crippen LogP contribution < -0.4 is 9.46 Å². The van der Waals surface area contributed by atoms with E-state index in [2.05, 4.69) is 20.7 Å². The zero-order chi connectivity index (χ0) is 14.0. The predicted octanol–water partition coefficient (Wildman–Crippen LogP) is 3.63. The van der Waals surface area contributed by atoms with Crippen LogP contribution in [0.15, 0.2) is 38.3 Å². The summed E-state index contributed by atoms with van der Waals surface area (Å²) in [5.41, 5.74) is 1.34. The number of sulfonamides is 1. The Hall–Kier alpha value is -1.05. The number of thiophene rings is 1. The summed E-state index contributed by atoms with van der Waals surface area (Å²) < 4.78 is 33.0. The second kappa shape index (κ2) is 5.52. The first-order valence-electron chi connectivity index (χ1n) is 5.34. The molecule has 0 spiro atoms. The van der Waals surface area contributed by atoms with E-state index in [1.807, 2.05) is 6.92 Å². The lowest BCUT2D eigenvalue weighted by atomic mass is 10.2. The van der Waals surface area contributed by atoms with Gasteiger partial charge in [0.1, 0.15) is 5.75 Å². The van der Waals surface area contributed by atoms with Crippen LogP contribution in [-0.2, 0) is 10.0 Å². The zero-order valence-electron chi connectivity index (χ0n) is 10.3. The number of ether oxygens (including phenoxy) is 1. The third-order valence-corrected chi connectivity index (χ3v) is 6.54. The minimum Gasteiger partial charge on any atom is -0.497 e. The van der Waals surface area contributed by atoms with Gasteiger partial charge in [0.05, 0.1) is 12.8 Å². The van der Waals surface area contributed by atoms with Gasteiger partial charge in [-0.25, -0.2) is 8.42 Å². The maximum absolute atomic E-state index is 12.2. The van der Waals surface area contributed by atoms with Gasteiger partial charge in [-0.15, -0.1) is 11.3 Å². The number of anilines is 1. The van der Waals surface area contributed by atoms with Crippen molar-refractivity contribution in [2.24, 2.45) is 0 Å². The number of rotatable bonds is 4. The van der Waals surface area contributed by atoms with Crippen LogP contribution in [0.3, 0.4) is 0 Å². The summed E-state index contributed by atoms with van der Waals surface area (Å²) in [7, 11) is -1.99. The Morgan fingerprint density at radius 2 is 2.05 bits per heavy atom. The summed E-state index contributed by atoms with van der Waals surface area (Å²) in [6.07, 6.45) is 0. The lowest BCUT2D eigenvalue weighted by molar-refractivity contribution is 0.414. The largest absolute Gasteiger partial charge is 0.497 e. The fourth-order valence-electron chi connectivity index (χ4n) is 1.54. The maximum atomic E-state index is 12.2. The molecule has 4 nitrogen and oxygen atoms in total. The number of hydrogen-bond donors (Lipinski definition) is 1. The highest BCUT2D eigenvalue weighted by molar-refractivity contribution is 9.10. The fraction of sp³-hybridized carbons (Fsp3) is 0.167. The molecule has 0 atom stereocenters. The molecule has 0 saturated carbocycles. The van der Waals surface area contributed by atoms with Crippen molar-refractivity contribution in [3.8, 4) is 5.75 Å². The van der Waals surface area contributed by atoms with Gasteiger partial charge in [-0.3, -0.25) is 4.72 Å². The Kier molecular flexibility index (Phi) is 4.17. The van der Waals surface area contributed by atoms with Gasteiger partial charge in [-0.1, -0.05) is 0 Å². The van der Waals surface area contributed by atoms with Gasteiger partial charge in [-0.2, -0.15) is 0 Å². The van der Waals surface area contributed by atoms with Crippen molar-refractivity contribution in [2.45, 2.75) is 11.1 Å². The molecule has 19 heavy (non-hydrogen) atoms. The molecule has 7 heteroatoms. The SMILES string of the molecule is COc1ccc(NS(=O)(=O)c2sccc2Br)c(C)c1. The van der Waals surface area contributed by atoms with Gasteiger partial charge in [0.15, 0.2) is 4.21 Å². The average Bonchev–Trinajstić information content (AvgIpc) is 2.79. The van der Waals surface area contributed by atoms with Crippen LogP contribution in [0.25, 0.3) is 0 Å². The molecular formula is C12H12BrNO3S2. The van der Waals surface area contributed by atoms with E-state index in [0.29, 0.717) is 15.9 Å². The molecule has 1 aromatic heterocycles. The molecule has 1 N–H and O–H groups in total. The molecule has 0 bridgehead atoms. The number of halogens is 1. The van der Waals surface area contributed by atoms with E-state index in [4.69, 9.17) is 4.74 Å². The van der Waals surface area contributed by atoms with Gasteiger partial charge < -0.3 is 4.74 Å². The summed E-state index contributed by atoms with van der Waals surface area (Å²) >= 11 is 4.40. The van der Waals surface area contributed by atoms with Crippen molar-refractivity contribution in [1.29, 1.82) is 0 Å². The Labute approximate surface area is 124 Å². The summed E-state index contributed by atoms with van der Waals surface area (Å²) in [6, 6.07) is 6.89. The van der Waals surface area contributed by atoms with E-state index in [1.54, 1.807) is 36.8 Å². The molecule has 0 aliphatic carbocycles. The highest BCUT2D eigenvalue weighted by Crippen LogP contribution is 2.30. The van der Waals surface area contributed by atoms with Crippen LogP contribution in [-0.4, -0.2) is 15.5 Å². The first-order chi connectivity index (χ1) is 8.94. The molecule has 0 aliphatic heterocycles. The Morgan fingerprint density at radius 1 is 1.32 bits per heavy atom. The number of aryl methyl sites for hydroxylation is 1. The van der Waals surface area contributed by atoms with Crippen molar-refractivity contribution >= 4 is 43.0 Å². The average molecular weight is 362 g/mol. The normalized spacial score (nSPS) is 11.3. The Bertz CT molecular complexity index is 695. The quantitative estimate of drug-likeness (QED) is 0.904. The van der Waals surface area contributed by atoms with Crippen molar-refractivity contribution in [3.05, 3.63) is 39.7 Å². The highest BCUT2D eigenvalue weighted by Gasteiger charge is 2.20. The third-order valence-electron chi connectivity index (χ3n) is 2.51. The van der Waals surface area contributed by atoms with Gasteiger partial charge >= 0.3 is 0 Å². The van der Waals surface area contributed by atoms with E-state index >= 15 is 0 Å². The lowest BCUT2D eigenvalue weighted by Crippen LogP contribution is -2.12. The van der Waals surface area contributed by atoms with Gasteiger partial charge in [0.25, 0.3) is 10.0 Å². The van der Waals surface area contributed by atoms with Gasteiger partial charge in [0, 0.05) is 4.47 Å². The van der Waals surface area contributed by atoms with E-state index in [-0.39, 0.29) is 4.21 Å². The standard InChI is InChI=1S/C12H12BrNO3S2/c1-8-7-9(17-2)3-4-11(8)14-19(15,16)12-10(13)5-6-18-12/h3-7,14H,1-2H3. The molecule has 0 fully saturated rings. The minimum atomic E-state index is -3.56. The zero-order valence-corrected chi connectivity index (χ0v) is 13.5. The topological polar surface area (TPSA) is 55.4 Å². The molecule has 2 aromatic rings. The monoisotopic (exact) mass is 361 g/mol. The maximum Gasteiger partial charge on any atom is 0.272 e. The van der Waals surface area contributed by atoms with E-state index in [1.165, 1.54) is 11.3 Å². The van der Waals surface area contributed by atoms with Gasteiger partial charge in [-0.05, 0) is 58.1 Å². The molecule has 1 aromatic carbocycles. The summed E-state index contributed by atoms with van der Waals surface area (Å²) in [4.78, 5) is 0. The third kappa shape index (κ3) is 3.10. The first kappa shape index (κ1) is 14.4. The molecule has 2 rings (SSSR count). The molecule has 0 saturated heterocycles. The second-order valence-corrected chi connectivity index (χ2v) is 7.49. The van der Waals surface area contributed by atoms with Crippen LogP contribution in [0.5, 0.6) is 5.75 Å². The number of methoxy groups -OCH3 is 1. The van der Waals surface area contributed by atoms with Crippen LogP contribution in [0.4, 0.5) is 5.69 Å². The summed E-state index contributed by atoms with van der Waals surface area (Å²) in [6.45, 7) is 1.82. The number of nitrogens with one attached hydrogen (secondary N) is 1. The van der Waals surface area contributed by atoms with Crippen LogP contribution in [0, 0.1) is 6.92 Å². The minimum absolute atomic E-state index is 0.266. The van der Waals surface area contributed by atoms with E-state index in [0.717, 1.165) is 5.56 Å².